The predicted molar refractivity (Wildman–Crippen MR) is 100 cm³/mol. The number of nitrogens with zero attached hydrogens (tertiary/aromatic N) is 4. The minimum Gasteiger partial charge on any atom is -0.496 e. The number of ether oxygens (including phenoxy) is 1. The van der Waals surface area contributed by atoms with Crippen LogP contribution in [0.25, 0.3) is 11.0 Å². The molecule has 5 nitrogen and oxygen atoms in total. The molecule has 4 rings (SSSR count). The Labute approximate surface area is 148 Å². The summed E-state index contributed by atoms with van der Waals surface area (Å²) in [6.07, 6.45) is 7.12. The number of aryl methyl sites for hydroxylation is 1. The van der Waals surface area contributed by atoms with E-state index in [1.807, 2.05) is 24.5 Å². The molecule has 25 heavy (non-hydrogen) atoms. The predicted octanol–water partition coefficient (Wildman–Crippen LogP) is 3.75. The monoisotopic (exact) mass is 336 g/mol. The van der Waals surface area contributed by atoms with Gasteiger partial charge in [-0.2, -0.15) is 0 Å². The van der Waals surface area contributed by atoms with Crippen LogP contribution in [-0.4, -0.2) is 34.7 Å². The zero-order chi connectivity index (χ0) is 17.2. The van der Waals surface area contributed by atoms with E-state index in [0.717, 1.165) is 48.7 Å². The van der Waals surface area contributed by atoms with Gasteiger partial charge in [-0.1, -0.05) is 18.2 Å². The van der Waals surface area contributed by atoms with Gasteiger partial charge in [0.05, 0.1) is 18.8 Å². The van der Waals surface area contributed by atoms with E-state index in [1.165, 1.54) is 12.0 Å². The summed E-state index contributed by atoms with van der Waals surface area (Å²) in [7, 11) is 3.85. The van der Waals surface area contributed by atoms with Gasteiger partial charge >= 0.3 is 0 Å². The number of fused-ring (bicyclic) bond motifs is 1. The van der Waals surface area contributed by atoms with Crippen molar-refractivity contribution in [3.8, 4) is 5.75 Å². The molecule has 3 heterocycles. The third-order valence-electron chi connectivity index (χ3n) is 5.25. The third kappa shape index (κ3) is 2.95. The lowest BCUT2D eigenvalue weighted by Crippen LogP contribution is -2.26. The Kier molecular flexibility index (Phi) is 4.30. The fraction of sp³-hybridized carbons (Fsp3) is 0.400. The average molecular weight is 336 g/mol. The maximum atomic E-state index is 5.57. The van der Waals surface area contributed by atoms with Crippen LogP contribution >= 0.6 is 0 Å². The second kappa shape index (κ2) is 6.75. The Morgan fingerprint density at radius 3 is 2.84 bits per heavy atom. The highest BCUT2D eigenvalue weighted by atomic mass is 16.5. The summed E-state index contributed by atoms with van der Waals surface area (Å²) in [5, 5.41) is 0. The van der Waals surface area contributed by atoms with Gasteiger partial charge in [0.2, 0.25) is 5.95 Å². The summed E-state index contributed by atoms with van der Waals surface area (Å²) in [6, 6.07) is 10.5. The lowest BCUT2D eigenvalue weighted by atomic mass is 9.91. The molecule has 0 aliphatic carbocycles. The number of aromatic nitrogens is 3. The number of imidazole rings is 1. The average Bonchev–Trinajstić information content (AvgIpc) is 2.84. The highest BCUT2D eigenvalue weighted by Gasteiger charge is 2.23. The van der Waals surface area contributed by atoms with Gasteiger partial charge in [0.25, 0.3) is 0 Å². The molecule has 1 atom stereocenters. The zero-order valence-electron chi connectivity index (χ0n) is 14.9. The number of anilines is 1. The van der Waals surface area contributed by atoms with E-state index in [1.54, 1.807) is 7.11 Å². The molecule has 1 fully saturated rings. The molecule has 0 saturated carbocycles. The molecule has 1 aliphatic heterocycles. The molecule has 1 aliphatic rings. The Morgan fingerprint density at radius 2 is 2.00 bits per heavy atom. The van der Waals surface area contributed by atoms with E-state index in [-0.39, 0.29) is 0 Å². The minimum absolute atomic E-state index is 0.539. The first-order valence-electron chi connectivity index (χ1n) is 8.92. The minimum atomic E-state index is 0.539. The van der Waals surface area contributed by atoms with Crippen LogP contribution in [0.4, 0.5) is 5.95 Å². The molecular formula is C20H24N4O. The van der Waals surface area contributed by atoms with E-state index in [4.69, 9.17) is 9.72 Å². The van der Waals surface area contributed by atoms with Crippen LogP contribution in [0.5, 0.6) is 5.75 Å². The van der Waals surface area contributed by atoms with Crippen LogP contribution in [0.1, 0.15) is 30.7 Å². The smallest absolute Gasteiger partial charge is 0.206 e. The van der Waals surface area contributed by atoms with Crippen molar-refractivity contribution >= 4 is 17.0 Å². The van der Waals surface area contributed by atoms with Crippen molar-refractivity contribution in [1.29, 1.82) is 0 Å². The number of methoxy groups -OCH3 is 1. The quantitative estimate of drug-likeness (QED) is 0.730. The summed E-state index contributed by atoms with van der Waals surface area (Å²) >= 11 is 0. The van der Waals surface area contributed by atoms with E-state index < -0.39 is 0 Å². The normalized spacial score (nSPS) is 18.3. The summed E-state index contributed by atoms with van der Waals surface area (Å²) in [5.41, 5.74) is 3.43. The van der Waals surface area contributed by atoms with Gasteiger partial charge in [0.1, 0.15) is 11.3 Å². The van der Waals surface area contributed by atoms with Gasteiger partial charge in [-0.3, -0.25) is 4.98 Å². The van der Waals surface area contributed by atoms with E-state index in [9.17, 15) is 0 Å². The van der Waals surface area contributed by atoms with Crippen molar-refractivity contribution in [2.24, 2.45) is 7.05 Å². The van der Waals surface area contributed by atoms with Gasteiger partial charge in [0.15, 0.2) is 0 Å². The molecule has 3 aromatic rings. The summed E-state index contributed by atoms with van der Waals surface area (Å²) in [4.78, 5) is 11.4. The number of pyridine rings is 1. The molecule has 130 valence electrons. The molecule has 1 aromatic carbocycles. The summed E-state index contributed by atoms with van der Waals surface area (Å²) in [6.45, 7) is 2.05. The van der Waals surface area contributed by atoms with Gasteiger partial charge in [-0.05, 0) is 42.9 Å². The van der Waals surface area contributed by atoms with Crippen LogP contribution in [0.15, 0.2) is 42.7 Å². The molecule has 2 aromatic heterocycles. The van der Waals surface area contributed by atoms with Gasteiger partial charge in [-0.25, -0.2) is 4.98 Å². The SMILES string of the molecule is COc1ccccc1C1CCCN(c2nc3cnccc3n2C)CC1. The number of hydrogen-bond donors (Lipinski definition) is 0. The fourth-order valence-electron chi connectivity index (χ4n) is 3.93. The van der Waals surface area contributed by atoms with E-state index in [0.29, 0.717) is 5.92 Å². The van der Waals surface area contributed by atoms with Crippen LogP contribution in [-0.2, 0) is 7.05 Å². The molecule has 0 N–H and O–H groups in total. The number of rotatable bonds is 3. The largest absolute Gasteiger partial charge is 0.496 e. The van der Waals surface area contributed by atoms with Crippen molar-refractivity contribution in [3.63, 3.8) is 0 Å². The highest BCUT2D eigenvalue weighted by molar-refractivity contribution is 5.77. The number of benzene rings is 1. The van der Waals surface area contributed by atoms with E-state index >= 15 is 0 Å². The molecule has 0 radical (unpaired) electrons. The van der Waals surface area contributed by atoms with Crippen molar-refractivity contribution in [1.82, 2.24) is 14.5 Å². The Bertz CT molecular complexity index is 873. The van der Waals surface area contributed by atoms with Gasteiger partial charge < -0.3 is 14.2 Å². The number of para-hydroxylation sites is 1. The fourth-order valence-corrected chi connectivity index (χ4v) is 3.93. The van der Waals surface area contributed by atoms with Crippen molar-refractivity contribution in [2.45, 2.75) is 25.2 Å². The molecule has 1 unspecified atom stereocenters. The summed E-state index contributed by atoms with van der Waals surface area (Å²) < 4.78 is 7.75. The topological polar surface area (TPSA) is 43.2 Å². The van der Waals surface area contributed by atoms with Crippen molar-refractivity contribution in [3.05, 3.63) is 48.3 Å². The second-order valence-corrected chi connectivity index (χ2v) is 6.69. The Hall–Kier alpha value is -2.56. The lowest BCUT2D eigenvalue weighted by molar-refractivity contribution is 0.403. The lowest BCUT2D eigenvalue weighted by Gasteiger charge is -2.22. The molecule has 1 saturated heterocycles. The maximum Gasteiger partial charge on any atom is 0.206 e. The Morgan fingerprint density at radius 1 is 1.12 bits per heavy atom. The van der Waals surface area contributed by atoms with E-state index in [2.05, 4.69) is 39.7 Å². The highest BCUT2D eigenvalue weighted by Crippen LogP contribution is 2.35. The van der Waals surface area contributed by atoms with Gasteiger partial charge in [0, 0.05) is 26.3 Å². The first-order valence-corrected chi connectivity index (χ1v) is 8.92. The van der Waals surface area contributed by atoms with Crippen LogP contribution < -0.4 is 9.64 Å². The first-order chi connectivity index (χ1) is 12.3. The molecule has 5 heteroatoms. The second-order valence-electron chi connectivity index (χ2n) is 6.69. The molecule has 0 amide bonds. The van der Waals surface area contributed by atoms with Crippen LogP contribution in [0, 0.1) is 0 Å². The summed E-state index contributed by atoms with van der Waals surface area (Å²) in [5.74, 6) is 2.59. The third-order valence-corrected chi connectivity index (χ3v) is 5.25. The first kappa shape index (κ1) is 15.9. The number of hydrogen-bond acceptors (Lipinski definition) is 4. The Balaban J connectivity index is 1.57. The molecule has 0 bridgehead atoms. The molecular weight excluding hydrogens is 312 g/mol. The zero-order valence-corrected chi connectivity index (χ0v) is 14.9. The molecule has 0 spiro atoms. The maximum absolute atomic E-state index is 5.57. The van der Waals surface area contributed by atoms with Crippen molar-refractivity contribution < 1.29 is 4.74 Å². The van der Waals surface area contributed by atoms with Crippen LogP contribution in [0.2, 0.25) is 0 Å². The van der Waals surface area contributed by atoms with Crippen LogP contribution in [0.3, 0.4) is 0 Å². The van der Waals surface area contributed by atoms with Crippen molar-refractivity contribution in [2.75, 3.05) is 25.1 Å². The van der Waals surface area contributed by atoms with Gasteiger partial charge in [-0.15, -0.1) is 0 Å². The standard InChI is InChI=1S/C20H24N4O/c1-23-18-9-11-21-14-17(18)22-20(23)24-12-5-6-15(10-13-24)16-7-3-4-8-19(16)25-2/h3-4,7-9,11,14-15H,5-6,10,12-13H2,1-2H3.